The first-order chi connectivity index (χ1) is 7.27. The van der Waals surface area contributed by atoms with E-state index in [0.29, 0.717) is 25.6 Å². The van der Waals surface area contributed by atoms with Gasteiger partial charge in [-0.2, -0.15) is 0 Å². The fourth-order valence-corrected chi connectivity index (χ4v) is 1.86. The zero-order valence-electron chi connectivity index (χ0n) is 9.24. The van der Waals surface area contributed by atoms with Crippen molar-refractivity contribution in [2.45, 2.75) is 25.3 Å². The average molecular weight is 208 g/mol. The standard InChI is InChI=1S/C12H20N2O/c1-3-8-14(9-4-2)12(15)10-11-6-5-7-13-11/h3-4,11,13H,1-2,5-10H2. The summed E-state index contributed by atoms with van der Waals surface area (Å²) in [5, 5.41) is 3.33. The maximum absolute atomic E-state index is 11.9. The molecule has 1 fully saturated rings. The minimum Gasteiger partial charge on any atom is -0.335 e. The van der Waals surface area contributed by atoms with Crippen LogP contribution in [0.15, 0.2) is 25.3 Å². The Morgan fingerprint density at radius 3 is 2.53 bits per heavy atom. The van der Waals surface area contributed by atoms with Crippen molar-refractivity contribution in [3.05, 3.63) is 25.3 Å². The highest BCUT2D eigenvalue weighted by Crippen LogP contribution is 2.10. The van der Waals surface area contributed by atoms with Crippen LogP contribution in [-0.2, 0) is 4.79 Å². The van der Waals surface area contributed by atoms with E-state index in [1.165, 1.54) is 6.42 Å². The van der Waals surface area contributed by atoms with Gasteiger partial charge in [0.25, 0.3) is 0 Å². The van der Waals surface area contributed by atoms with Crippen molar-refractivity contribution in [1.29, 1.82) is 0 Å². The molecule has 3 heteroatoms. The molecule has 0 aromatic heterocycles. The summed E-state index contributed by atoms with van der Waals surface area (Å²) in [5.74, 6) is 0.189. The summed E-state index contributed by atoms with van der Waals surface area (Å²) >= 11 is 0. The molecule has 0 saturated carbocycles. The van der Waals surface area contributed by atoms with Gasteiger partial charge in [-0.3, -0.25) is 4.79 Å². The van der Waals surface area contributed by atoms with Gasteiger partial charge in [0.2, 0.25) is 5.91 Å². The molecule has 0 radical (unpaired) electrons. The van der Waals surface area contributed by atoms with Gasteiger partial charge in [-0.05, 0) is 19.4 Å². The molecule has 1 amide bonds. The van der Waals surface area contributed by atoms with E-state index in [9.17, 15) is 4.79 Å². The second-order valence-electron chi connectivity index (χ2n) is 3.87. The van der Waals surface area contributed by atoms with Crippen molar-refractivity contribution in [2.75, 3.05) is 19.6 Å². The van der Waals surface area contributed by atoms with E-state index < -0.39 is 0 Å². The Bertz CT molecular complexity index is 222. The van der Waals surface area contributed by atoms with Gasteiger partial charge in [0, 0.05) is 25.6 Å². The summed E-state index contributed by atoms with van der Waals surface area (Å²) in [6, 6.07) is 0.370. The second-order valence-corrected chi connectivity index (χ2v) is 3.87. The fourth-order valence-electron chi connectivity index (χ4n) is 1.86. The summed E-state index contributed by atoms with van der Waals surface area (Å²) < 4.78 is 0. The first-order valence-electron chi connectivity index (χ1n) is 5.51. The number of rotatable bonds is 6. The van der Waals surface area contributed by atoms with Crippen LogP contribution in [0.25, 0.3) is 0 Å². The highest BCUT2D eigenvalue weighted by atomic mass is 16.2. The molecule has 0 aromatic rings. The molecule has 0 aromatic carbocycles. The Labute approximate surface area is 91.8 Å². The van der Waals surface area contributed by atoms with Gasteiger partial charge in [-0.25, -0.2) is 0 Å². The van der Waals surface area contributed by atoms with Crippen LogP contribution in [0.3, 0.4) is 0 Å². The zero-order valence-corrected chi connectivity index (χ0v) is 9.24. The lowest BCUT2D eigenvalue weighted by molar-refractivity contribution is -0.130. The lowest BCUT2D eigenvalue weighted by Crippen LogP contribution is -2.36. The van der Waals surface area contributed by atoms with Gasteiger partial charge in [0.1, 0.15) is 0 Å². The maximum atomic E-state index is 11.9. The van der Waals surface area contributed by atoms with E-state index in [2.05, 4.69) is 18.5 Å². The molecule has 1 aliphatic heterocycles. The smallest absolute Gasteiger partial charge is 0.224 e. The largest absolute Gasteiger partial charge is 0.335 e. The number of hydrogen-bond acceptors (Lipinski definition) is 2. The Kier molecular flexibility index (Phi) is 5.12. The minimum absolute atomic E-state index is 0.189. The third-order valence-corrected chi connectivity index (χ3v) is 2.64. The minimum atomic E-state index is 0.189. The summed E-state index contributed by atoms with van der Waals surface area (Å²) in [6.07, 6.45) is 6.40. The normalized spacial score (nSPS) is 19.9. The third kappa shape index (κ3) is 3.88. The van der Waals surface area contributed by atoms with E-state index in [4.69, 9.17) is 0 Å². The van der Waals surface area contributed by atoms with Crippen LogP contribution in [0.4, 0.5) is 0 Å². The van der Waals surface area contributed by atoms with E-state index >= 15 is 0 Å². The predicted octanol–water partition coefficient (Wildman–Crippen LogP) is 1.33. The molecule has 1 saturated heterocycles. The first-order valence-corrected chi connectivity index (χ1v) is 5.51. The molecule has 0 bridgehead atoms. The molecule has 1 aliphatic rings. The van der Waals surface area contributed by atoms with Crippen LogP contribution in [0.2, 0.25) is 0 Å². The molecule has 1 atom stereocenters. The van der Waals surface area contributed by atoms with Crippen molar-refractivity contribution in [1.82, 2.24) is 10.2 Å². The molecular formula is C12H20N2O. The van der Waals surface area contributed by atoms with Gasteiger partial charge in [-0.15, -0.1) is 13.2 Å². The van der Waals surface area contributed by atoms with E-state index in [1.807, 2.05) is 0 Å². The second kappa shape index (κ2) is 6.40. The van der Waals surface area contributed by atoms with Crippen LogP contribution in [0.1, 0.15) is 19.3 Å². The maximum Gasteiger partial charge on any atom is 0.224 e. The fraction of sp³-hybridized carbons (Fsp3) is 0.583. The average Bonchev–Trinajstić information content (AvgIpc) is 2.70. The molecule has 15 heavy (non-hydrogen) atoms. The molecule has 84 valence electrons. The van der Waals surface area contributed by atoms with Gasteiger partial charge >= 0.3 is 0 Å². The van der Waals surface area contributed by atoms with Crippen LogP contribution in [-0.4, -0.2) is 36.5 Å². The van der Waals surface area contributed by atoms with E-state index in [0.717, 1.165) is 13.0 Å². The molecule has 1 N–H and O–H groups in total. The molecular weight excluding hydrogens is 188 g/mol. The molecule has 3 nitrogen and oxygen atoms in total. The zero-order chi connectivity index (χ0) is 11.1. The van der Waals surface area contributed by atoms with Crippen molar-refractivity contribution in [2.24, 2.45) is 0 Å². The molecule has 0 aliphatic carbocycles. The molecule has 1 unspecified atom stereocenters. The number of carbonyl (C=O) groups excluding carboxylic acids is 1. The number of nitrogens with zero attached hydrogens (tertiary/aromatic N) is 1. The summed E-state index contributed by atoms with van der Waals surface area (Å²) in [7, 11) is 0. The third-order valence-electron chi connectivity index (χ3n) is 2.64. The van der Waals surface area contributed by atoms with Crippen LogP contribution in [0, 0.1) is 0 Å². The van der Waals surface area contributed by atoms with E-state index in [1.54, 1.807) is 17.1 Å². The van der Waals surface area contributed by atoms with Crippen molar-refractivity contribution in [3.63, 3.8) is 0 Å². The van der Waals surface area contributed by atoms with Gasteiger partial charge in [0.05, 0.1) is 0 Å². The Morgan fingerprint density at radius 2 is 2.07 bits per heavy atom. The Balaban J connectivity index is 2.39. The first kappa shape index (κ1) is 12.0. The van der Waals surface area contributed by atoms with Gasteiger partial charge in [-0.1, -0.05) is 12.2 Å². The lowest BCUT2D eigenvalue weighted by atomic mass is 10.1. The monoisotopic (exact) mass is 208 g/mol. The SMILES string of the molecule is C=CCN(CC=C)C(=O)CC1CCCN1. The van der Waals surface area contributed by atoms with Crippen molar-refractivity contribution >= 4 is 5.91 Å². The van der Waals surface area contributed by atoms with Crippen molar-refractivity contribution in [3.8, 4) is 0 Å². The molecule has 1 heterocycles. The molecule has 1 rings (SSSR count). The summed E-state index contributed by atoms with van der Waals surface area (Å²) in [6.45, 7) is 9.57. The van der Waals surface area contributed by atoms with Gasteiger partial charge in [0.15, 0.2) is 0 Å². The molecule has 0 spiro atoms. The van der Waals surface area contributed by atoms with Gasteiger partial charge < -0.3 is 10.2 Å². The number of carbonyl (C=O) groups is 1. The van der Waals surface area contributed by atoms with E-state index in [-0.39, 0.29) is 5.91 Å². The van der Waals surface area contributed by atoms with Crippen LogP contribution < -0.4 is 5.32 Å². The quantitative estimate of drug-likeness (QED) is 0.668. The number of amides is 1. The Hall–Kier alpha value is -1.09. The lowest BCUT2D eigenvalue weighted by Gasteiger charge is -2.21. The van der Waals surface area contributed by atoms with Crippen LogP contribution >= 0.6 is 0 Å². The topological polar surface area (TPSA) is 32.3 Å². The highest BCUT2D eigenvalue weighted by molar-refractivity contribution is 5.77. The van der Waals surface area contributed by atoms with Crippen molar-refractivity contribution < 1.29 is 4.79 Å². The summed E-state index contributed by atoms with van der Waals surface area (Å²) in [5.41, 5.74) is 0. The highest BCUT2D eigenvalue weighted by Gasteiger charge is 2.20. The number of hydrogen-bond donors (Lipinski definition) is 1. The van der Waals surface area contributed by atoms with Crippen LogP contribution in [0.5, 0.6) is 0 Å². The predicted molar refractivity (Wildman–Crippen MR) is 62.6 cm³/mol. The summed E-state index contributed by atoms with van der Waals surface area (Å²) in [4.78, 5) is 13.6. The number of nitrogens with one attached hydrogen (secondary N) is 1. The Morgan fingerprint density at radius 1 is 1.40 bits per heavy atom.